The highest BCUT2D eigenvalue weighted by Crippen LogP contribution is 2.41. The van der Waals surface area contributed by atoms with Gasteiger partial charge >= 0.3 is 0 Å². The number of halogens is 1. The van der Waals surface area contributed by atoms with Crippen molar-refractivity contribution >= 4 is 5.78 Å². The van der Waals surface area contributed by atoms with Crippen LogP contribution in [0.3, 0.4) is 0 Å². The van der Waals surface area contributed by atoms with E-state index in [4.69, 9.17) is 9.47 Å². The minimum atomic E-state index is -0.982. The van der Waals surface area contributed by atoms with Crippen LogP contribution in [-0.4, -0.2) is 31.3 Å². The molecule has 1 heterocycles. The number of phenols is 1. The largest absolute Gasteiger partial charge is 0.505 e. The van der Waals surface area contributed by atoms with E-state index >= 15 is 0 Å². The zero-order valence-electron chi connectivity index (χ0n) is 8.54. The Kier molecular flexibility index (Phi) is 2.66. The molecule has 0 aliphatic carbocycles. The third-order valence-corrected chi connectivity index (χ3v) is 2.20. The minimum Gasteiger partial charge on any atom is -0.505 e. The van der Waals surface area contributed by atoms with Gasteiger partial charge in [0.05, 0.1) is 6.54 Å². The van der Waals surface area contributed by atoms with Gasteiger partial charge in [-0.2, -0.15) is 0 Å². The van der Waals surface area contributed by atoms with E-state index in [9.17, 15) is 14.3 Å². The maximum atomic E-state index is 13.6. The summed E-state index contributed by atoms with van der Waals surface area (Å²) in [4.78, 5) is 11.6. The van der Waals surface area contributed by atoms with Crippen molar-refractivity contribution < 1.29 is 23.8 Å². The first-order valence-electron chi connectivity index (χ1n) is 4.64. The van der Waals surface area contributed by atoms with Gasteiger partial charge in [-0.25, -0.2) is 4.39 Å². The second-order valence-electron chi connectivity index (χ2n) is 3.27. The van der Waals surface area contributed by atoms with Crippen molar-refractivity contribution in [3.63, 3.8) is 0 Å². The van der Waals surface area contributed by atoms with Crippen LogP contribution in [0.25, 0.3) is 0 Å². The Morgan fingerprint density at radius 1 is 1.62 bits per heavy atom. The number of carbonyl (C=O) groups is 1. The molecule has 0 unspecified atom stereocenters. The fourth-order valence-corrected chi connectivity index (χ4v) is 1.50. The number of aromatic hydroxyl groups is 1. The predicted octanol–water partition coefficient (Wildman–Crippen LogP) is 0.662. The van der Waals surface area contributed by atoms with E-state index in [0.717, 1.165) is 6.07 Å². The van der Waals surface area contributed by atoms with Gasteiger partial charge in [-0.05, 0) is 7.05 Å². The number of likely N-dealkylation sites (N-methyl/N-ethyl adjacent to an activating group) is 1. The number of carbonyl (C=O) groups excluding carboxylic acids is 1. The first kappa shape index (κ1) is 10.7. The normalized spacial score (nSPS) is 12.9. The average molecular weight is 227 g/mol. The molecule has 0 bridgehead atoms. The van der Waals surface area contributed by atoms with Gasteiger partial charge in [-0.3, -0.25) is 4.79 Å². The summed E-state index contributed by atoms with van der Waals surface area (Å²) >= 11 is 0. The van der Waals surface area contributed by atoms with Crippen LogP contribution in [0.15, 0.2) is 6.07 Å². The molecule has 0 amide bonds. The molecule has 0 saturated carbocycles. The van der Waals surface area contributed by atoms with Crippen molar-refractivity contribution in [2.75, 3.05) is 20.4 Å². The number of benzene rings is 1. The van der Waals surface area contributed by atoms with Crippen molar-refractivity contribution in [2.45, 2.75) is 0 Å². The Morgan fingerprint density at radius 2 is 2.38 bits per heavy atom. The standard InChI is InChI=1S/C10H10FNO4/c1-12-3-6(14)8-9(11)5(13)2-7-10(8)16-4-15-7/h2,12-13H,3-4H2,1H3. The summed E-state index contributed by atoms with van der Waals surface area (Å²) in [5.41, 5.74) is -0.276. The monoisotopic (exact) mass is 227 g/mol. The minimum absolute atomic E-state index is 0.0455. The highest BCUT2D eigenvalue weighted by Gasteiger charge is 2.28. The van der Waals surface area contributed by atoms with Crippen LogP contribution < -0.4 is 14.8 Å². The van der Waals surface area contributed by atoms with E-state index in [1.54, 1.807) is 7.05 Å². The quantitative estimate of drug-likeness (QED) is 0.742. The SMILES string of the molecule is CNCC(=O)c1c(F)c(O)cc2c1OCO2. The highest BCUT2D eigenvalue weighted by molar-refractivity contribution is 6.01. The molecule has 1 aliphatic heterocycles. The average Bonchev–Trinajstić information content (AvgIpc) is 2.67. The number of rotatable bonds is 3. The number of phenolic OH excluding ortho intramolecular Hbond substituents is 1. The first-order chi connectivity index (χ1) is 7.65. The molecule has 0 saturated heterocycles. The third-order valence-electron chi connectivity index (χ3n) is 2.20. The van der Waals surface area contributed by atoms with E-state index in [-0.39, 0.29) is 30.4 Å². The fraction of sp³-hybridized carbons (Fsp3) is 0.300. The van der Waals surface area contributed by atoms with Crippen LogP contribution in [0.5, 0.6) is 17.2 Å². The summed E-state index contributed by atoms with van der Waals surface area (Å²) in [5.74, 6) is -1.88. The molecule has 1 aliphatic rings. The molecule has 2 N–H and O–H groups in total. The molecule has 0 aromatic heterocycles. The van der Waals surface area contributed by atoms with Crippen molar-refractivity contribution in [3.05, 3.63) is 17.4 Å². The van der Waals surface area contributed by atoms with Gasteiger partial charge < -0.3 is 19.9 Å². The van der Waals surface area contributed by atoms with Crippen LogP contribution in [0.2, 0.25) is 0 Å². The Hall–Kier alpha value is -1.82. The number of hydrogen-bond donors (Lipinski definition) is 2. The number of ether oxygens (including phenoxy) is 2. The summed E-state index contributed by atoms with van der Waals surface area (Å²) in [6.45, 7) is -0.131. The smallest absolute Gasteiger partial charge is 0.231 e. The molecular formula is C10H10FNO4. The number of ketones is 1. The Labute approximate surface area is 90.8 Å². The molecular weight excluding hydrogens is 217 g/mol. The third kappa shape index (κ3) is 1.57. The van der Waals surface area contributed by atoms with Crippen LogP contribution in [0.4, 0.5) is 4.39 Å². The molecule has 16 heavy (non-hydrogen) atoms. The van der Waals surface area contributed by atoms with Gasteiger partial charge in [-0.1, -0.05) is 0 Å². The van der Waals surface area contributed by atoms with Crippen LogP contribution in [0.1, 0.15) is 10.4 Å². The van der Waals surface area contributed by atoms with Gasteiger partial charge in [0, 0.05) is 6.07 Å². The van der Waals surface area contributed by atoms with Gasteiger partial charge in [-0.15, -0.1) is 0 Å². The Bertz CT molecular complexity index is 447. The maximum Gasteiger partial charge on any atom is 0.231 e. The molecule has 6 heteroatoms. The van der Waals surface area contributed by atoms with E-state index in [1.165, 1.54) is 0 Å². The number of fused-ring (bicyclic) bond motifs is 1. The first-order valence-corrected chi connectivity index (χ1v) is 4.64. The van der Waals surface area contributed by atoms with Gasteiger partial charge in [0.1, 0.15) is 5.56 Å². The second-order valence-corrected chi connectivity index (χ2v) is 3.27. The van der Waals surface area contributed by atoms with Crippen LogP contribution in [-0.2, 0) is 0 Å². The van der Waals surface area contributed by atoms with E-state index in [1.807, 2.05) is 0 Å². The zero-order valence-corrected chi connectivity index (χ0v) is 8.54. The van der Waals surface area contributed by atoms with Gasteiger partial charge in [0.25, 0.3) is 0 Å². The van der Waals surface area contributed by atoms with Crippen molar-refractivity contribution in [3.8, 4) is 17.2 Å². The second kappa shape index (κ2) is 3.97. The molecule has 2 rings (SSSR count). The van der Waals surface area contributed by atoms with E-state index < -0.39 is 17.3 Å². The molecule has 1 aromatic carbocycles. The van der Waals surface area contributed by atoms with Crippen LogP contribution in [0, 0.1) is 5.82 Å². The van der Waals surface area contributed by atoms with Crippen molar-refractivity contribution in [1.29, 1.82) is 0 Å². The maximum absolute atomic E-state index is 13.6. The molecule has 0 spiro atoms. The lowest BCUT2D eigenvalue weighted by atomic mass is 10.1. The zero-order chi connectivity index (χ0) is 11.7. The summed E-state index contributed by atoms with van der Waals surface area (Å²) in [6, 6.07) is 1.09. The Morgan fingerprint density at radius 3 is 3.06 bits per heavy atom. The predicted molar refractivity (Wildman–Crippen MR) is 52.4 cm³/mol. The van der Waals surface area contributed by atoms with E-state index in [0.29, 0.717) is 0 Å². The lowest BCUT2D eigenvalue weighted by molar-refractivity contribution is 0.0984. The lowest BCUT2D eigenvalue weighted by Crippen LogP contribution is -2.20. The Balaban J connectivity index is 2.54. The van der Waals surface area contributed by atoms with E-state index in [2.05, 4.69) is 5.32 Å². The van der Waals surface area contributed by atoms with Crippen molar-refractivity contribution in [2.24, 2.45) is 0 Å². The fourth-order valence-electron chi connectivity index (χ4n) is 1.50. The molecule has 86 valence electrons. The number of hydrogen-bond acceptors (Lipinski definition) is 5. The summed E-state index contributed by atoms with van der Waals surface area (Å²) < 4.78 is 23.6. The molecule has 0 radical (unpaired) electrons. The molecule has 5 nitrogen and oxygen atoms in total. The highest BCUT2D eigenvalue weighted by atomic mass is 19.1. The summed E-state index contributed by atoms with van der Waals surface area (Å²) in [7, 11) is 1.57. The molecule has 0 fully saturated rings. The van der Waals surface area contributed by atoms with Crippen LogP contribution >= 0.6 is 0 Å². The summed E-state index contributed by atoms with van der Waals surface area (Å²) in [5, 5.41) is 11.9. The number of Topliss-reactive ketones (excluding diaryl/α,β-unsaturated/α-hetero) is 1. The van der Waals surface area contributed by atoms with Gasteiger partial charge in [0.15, 0.2) is 28.8 Å². The van der Waals surface area contributed by atoms with Crippen molar-refractivity contribution in [1.82, 2.24) is 5.32 Å². The topological polar surface area (TPSA) is 67.8 Å². The number of nitrogens with one attached hydrogen (secondary N) is 1. The lowest BCUT2D eigenvalue weighted by Gasteiger charge is -2.07. The molecule has 1 aromatic rings. The summed E-state index contributed by atoms with van der Waals surface area (Å²) in [6.07, 6.45) is 0. The van der Waals surface area contributed by atoms with Gasteiger partial charge in [0.2, 0.25) is 6.79 Å². The molecule has 0 atom stereocenters.